The Morgan fingerprint density at radius 2 is 1.63 bits per heavy atom. The van der Waals surface area contributed by atoms with Crippen LogP contribution in [0.25, 0.3) is 33.4 Å². The number of aromatic amines is 2. The lowest BCUT2D eigenvalue weighted by molar-refractivity contribution is 0.466. The summed E-state index contributed by atoms with van der Waals surface area (Å²) in [6.07, 6.45) is 0.563. The molecule has 0 aliphatic rings. The van der Waals surface area contributed by atoms with Crippen LogP contribution < -0.4 is 5.56 Å². The molecule has 0 saturated heterocycles. The summed E-state index contributed by atoms with van der Waals surface area (Å²) in [6.45, 7) is 0. The fourth-order valence-corrected chi connectivity index (χ4v) is 3.68. The van der Waals surface area contributed by atoms with Crippen LogP contribution in [0.3, 0.4) is 0 Å². The zero-order valence-electron chi connectivity index (χ0n) is 15.8. The van der Waals surface area contributed by atoms with Crippen LogP contribution in [0, 0.1) is 0 Å². The van der Waals surface area contributed by atoms with E-state index in [1.807, 2.05) is 42.5 Å². The Bertz CT molecular complexity index is 1380. The normalized spacial score (nSPS) is 11.1. The van der Waals surface area contributed by atoms with Crippen LogP contribution in [0.4, 0.5) is 0 Å². The number of aromatic nitrogens is 5. The van der Waals surface area contributed by atoms with Crippen molar-refractivity contribution in [1.29, 1.82) is 0 Å². The summed E-state index contributed by atoms with van der Waals surface area (Å²) in [4.78, 5) is 15.0. The predicted molar refractivity (Wildman–Crippen MR) is 114 cm³/mol. The van der Waals surface area contributed by atoms with Crippen molar-refractivity contribution in [3.8, 4) is 28.4 Å². The summed E-state index contributed by atoms with van der Waals surface area (Å²) in [6, 6.07) is 23.4. The zero-order valence-corrected chi connectivity index (χ0v) is 15.8. The van der Waals surface area contributed by atoms with Crippen LogP contribution >= 0.6 is 0 Å². The third-order valence-electron chi connectivity index (χ3n) is 5.14. The summed E-state index contributed by atoms with van der Waals surface area (Å²) >= 11 is 0. The number of hydrogen-bond acceptors (Lipinski definition) is 5. The maximum absolute atomic E-state index is 12.1. The summed E-state index contributed by atoms with van der Waals surface area (Å²) in [5, 5.41) is 26.3. The number of aromatic hydroxyl groups is 1. The van der Waals surface area contributed by atoms with Crippen molar-refractivity contribution in [2.75, 3.05) is 0 Å². The average molecular weight is 395 g/mol. The number of benzene rings is 3. The molecule has 3 aromatic carbocycles. The monoisotopic (exact) mass is 395 g/mol. The van der Waals surface area contributed by atoms with E-state index in [1.165, 1.54) is 0 Å². The average Bonchev–Trinajstić information content (AvgIpc) is 3.32. The number of nitrogens with one attached hydrogen (secondary N) is 2. The molecule has 7 nitrogen and oxygen atoms in total. The van der Waals surface area contributed by atoms with Gasteiger partial charge in [0.25, 0.3) is 5.56 Å². The van der Waals surface area contributed by atoms with E-state index in [2.05, 4.69) is 49.9 Å². The molecule has 0 atom stereocenters. The molecule has 0 bridgehead atoms. The van der Waals surface area contributed by atoms with Gasteiger partial charge >= 0.3 is 0 Å². The number of H-pyrrole nitrogens is 2. The van der Waals surface area contributed by atoms with Crippen LogP contribution in [0.1, 0.15) is 11.1 Å². The summed E-state index contributed by atoms with van der Waals surface area (Å²) in [7, 11) is 0. The van der Waals surface area contributed by atoms with Crippen LogP contribution in [-0.2, 0) is 6.42 Å². The van der Waals surface area contributed by atoms with Gasteiger partial charge in [-0.05, 0) is 38.7 Å². The molecular weight excluding hydrogens is 378 g/mol. The van der Waals surface area contributed by atoms with E-state index in [-0.39, 0.29) is 5.75 Å². The van der Waals surface area contributed by atoms with E-state index in [0.29, 0.717) is 17.9 Å². The quantitative estimate of drug-likeness (QED) is 0.430. The van der Waals surface area contributed by atoms with Gasteiger partial charge in [-0.1, -0.05) is 66.7 Å². The number of tetrazole rings is 1. The van der Waals surface area contributed by atoms with Crippen molar-refractivity contribution < 1.29 is 5.11 Å². The standard InChI is InChI=1S/C23H17N5O2/c29-20-13-18(12-17-6-3-5-14-4-1-2-7-19(14)17)21(24-23(20)30)15-8-10-16(11-9-15)22-25-27-28-26-22/h1-11,13,29H,12H2,(H,24,30)(H,25,26,27,28). The summed E-state index contributed by atoms with van der Waals surface area (Å²) in [5.74, 6) is 0.203. The van der Waals surface area contributed by atoms with Gasteiger partial charge in [0.2, 0.25) is 5.82 Å². The Balaban J connectivity index is 1.59. The molecule has 3 N–H and O–H groups in total. The second-order valence-corrected chi connectivity index (χ2v) is 7.01. The molecule has 7 heteroatoms. The highest BCUT2D eigenvalue weighted by Crippen LogP contribution is 2.29. The topological polar surface area (TPSA) is 108 Å². The van der Waals surface area contributed by atoms with Crippen molar-refractivity contribution in [2.24, 2.45) is 0 Å². The molecule has 30 heavy (non-hydrogen) atoms. The Labute approximate surface area is 171 Å². The Morgan fingerprint density at radius 1 is 0.867 bits per heavy atom. The number of nitrogens with zero attached hydrogens (tertiary/aromatic N) is 3. The maximum atomic E-state index is 12.1. The molecule has 0 aliphatic heterocycles. The molecule has 0 spiro atoms. The van der Waals surface area contributed by atoms with Gasteiger partial charge in [-0.15, -0.1) is 10.2 Å². The Hall–Kier alpha value is -4.26. The van der Waals surface area contributed by atoms with Crippen molar-refractivity contribution in [1.82, 2.24) is 25.6 Å². The highest BCUT2D eigenvalue weighted by Gasteiger charge is 2.13. The lowest BCUT2D eigenvalue weighted by atomic mass is 9.95. The van der Waals surface area contributed by atoms with Gasteiger partial charge in [0.1, 0.15) is 0 Å². The molecule has 0 aliphatic carbocycles. The zero-order chi connectivity index (χ0) is 20.5. The minimum Gasteiger partial charge on any atom is -0.503 e. The van der Waals surface area contributed by atoms with Crippen molar-refractivity contribution in [3.05, 3.63) is 94.3 Å². The summed E-state index contributed by atoms with van der Waals surface area (Å²) in [5.41, 5.74) is 3.73. The van der Waals surface area contributed by atoms with E-state index in [0.717, 1.165) is 33.0 Å². The van der Waals surface area contributed by atoms with Gasteiger partial charge in [-0.2, -0.15) is 5.21 Å². The first-order valence-corrected chi connectivity index (χ1v) is 9.45. The molecule has 0 unspecified atom stereocenters. The third-order valence-corrected chi connectivity index (χ3v) is 5.14. The number of fused-ring (bicyclic) bond motifs is 1. The molecule has 5 aromatic rings. The number of pyridine rings is 1. The van der Waals surface area contributed by atoms with Crippen LogP contribution in [-0.4, -0.2) is 30.7 Å². The largest absolute Gasteiger partial charge is 0.503 e. The second-order valence-electron chi connectivity index (χ2n) is 7.01. The molecule has 0 saturated carbocycles. The maximum Gasteiger partial charge on any atom is 0.290 e. The highest BCUT2D eigenvalue weighted by molar-refractivity contribution is 5.86. The van der Waals surface area contributed by atoms with Crippen LogP contribution in [0.15, 0.2) is 77.6 Å². The fraction of sp³-hybridized carbons (Fsp3) is 0.0435. The van der Waals surface area contributed by atoms with Crippen molar-refractivity contribution in [3.63, 3.8) is 0 Å². The fourth-order valence-electron chi connectivity index (χ4n) is 3.68. The molecule has 0 amide bonds. The van der Waals surface area contributed by atoms with E-state index in [9.17, 15) is 9.90 Å². The van der Waals surface area contributed by atoms with E-state index >= 15 is 0 Å². The number of hydrogen-bond donors (Lipinski definition) is 3. The smallest absolute Gasteiger partial charge is 0.290 e. The minimum atomic E-state index is -0.520. The highest BCUT2D eigenvalue weighted by atomic mass is 16.3. The molecule has 2 aromatic heterocycles. The van der Waals surface area contributed by atoms with Crippen molar-refractivity contribution >= 4 is 10.8 Å². The second kappa shape index (κ2) is 7.29. The first-order valence-electron chi connectivity index (χ1n) is 9.45. The molecule has 5 rings (SSSR count). The van der Waals surface area contributed by atoms with E-state index in [1.54, 1.807) is 6.07 Å². The van der Waals surface area contributed by atoms with Crippen LogP contribution in [0.5, 0.6) is 5.75 Å². The Kier molecular flexibility index (Phi) is 4.33. The summed E-state index contributed by atoms with van der Waals surface area (Å²) < 4.78 is 0. The van der Waals surface area contributed by atoms with E-state index < -0.39 is 5.56 Å². The third kappa shape index (κ3) is 3.22. The predicted octanol–water partition coefficient (Wildman–Crippen LogP) is 3.67. The van der Waals surface area contributed by atoms with Crippen molar-refractivity contribution in [2.45, 2.75) is 6.42 Å². The van der Waals surface area contributed by atoms with Crippen LogP contribution in [0.2, 0.25) is 0 Å². The SMILES string of the molecule is O=c1[nH]c(-c2ccc(-c3nn[nH]n3)cc2)c(Cc2cccc3ccccc23)cc1O. The van der Waals surface area contributed by atoms with E-state index in [4.69, 9.17) is 0 Å². The molecule has 2 heterocycles. The van der Waals surface area contributed by atoms with Gasteiger partial charge < -0.3 is 10.1 Å². The van der Waals surface area contributed by atoms with Gasteiger partial charge in [0.15, 0.2) is 5.75 Å². The molecule has 0 radical (unpaired) electrons. The molecule has 146 valence electrons. The minimum absolute atomic E-state index is 0.294. The lowest BCUT2D eigenvalue weighted by Crippen LogP contribution is -2.09. The Morgan fingerprint density at radius 3 is 2.43 bits per heavy atom. The van der Waals surface area contributed by atoms with Gasteiger partial charge in [0, 0.05) is 12.0 Å². The lowest BCUT2D eigenvalue weighted by Gasteiger charge is -2.12. The van der Waals surface area contributed by atoms with Gasteiger partial charge in [-0.25, -0.2) is 0 Å². The van der Waals surface area contributed by atoms with Gasteiger partial charge in [-0.3, -0.25) is 4.79 Å². The van der Waals surface area contributed by atoms with Gasteiger partial charge in [0.05, 0.1) is 5.69 Å². The first-order chi connectivity index (χ1) is 14.7. The number of rotatable bonds is 4. The molecule has 0 fully saturated rings. The first kappa shape index (κ1) is 17.8. The molecular formula is C23H17N5O2.